The second-order valence-corrected chi connectivity index (χ2v) is 6.73. The van der Waals surface area contributed by atoms with Gasteiger partial charge in [0.25, 0.3) is 5.91 Å². The number of Topliss-reactive ketones (excluding diaryl/α,β-unsaturated/α-hetero) is 1. The van der Waals surface area contributed by atoms with Crippen LogP contribution >= 0.6 is 11.3 Å². The zero-order valence-corrected chi connectivity index (χ0v) is 15.3. The molecular weight excluding hydrogens is 352 g/mol. The van der Waals surface area contributed by atoms with Crippen LogP contribution in [-0.2, 0) is 11.3 Å². The number of carbonyl (C=O) groups excluding carboxylic acids is 2. The first kappa shape index (κ1) is 17.9. The summed E-state index contributed by atoms with van der Waals surface area (Å²) in [5, 5.41) is 5.64. The molecule has 2 heterocycles. The van der Waals surface area contributed by atoms with Crippen molar-refractivity contribution in [3.05, 3.63) is 58.1 Å². The molecule has 0 unspecified atom stereocenters. The van der Waals surface area contributed by atoms with E-state index in [0.717, 1.165) is 10.7 Å². The predicted molar refractivity (Wildman–Crippen MR) is 98.3 cm³/mol. The number of aryl methyl sites for hydroxylation is 1. The molecule has 1 amide bonds. The third kappa shape index (κ3) is 4.58. The highest BCUT2D eigenvalue weighted by Crippen LogP contribution is 2.23. The first-order valence-corrected chi connectivity index (χ1v) is 8.91. The molecule has 0 aliphatic rings. The molecule has 134 valence electrons. The molecule has 3 aromatic rings. The smallest absolute Gasteiger partial charge is 0.258 e. The fraction of sp³-hybridized carbons (Fsp3) is 0.211. The molecule has 0 spiro atoms. The minimum Gasteiger partial charge on any atom is -0.484 e. The zero-order valence-electron chi connectivity index (χ0n) is 14.4. The summed E-state index contributed by atoms with van der Waals surface area (Å²) < 4.78 is 11.1. The van der Waals surface area contributed by atoms with Crippen molar-refractivity contribution in [1.82, 2.24) is 10.3 Å². The van der Waals surface area contributed by atoms with Gasteiger partial charge in [-0.1, -0.05) is 0 Å². The number of rotatable bonds is 7. The second-order valence-electron chi connectivity index (χ2n) is 5.66. The third-order valence-electron chi connectivity index (χ3n) is 3.62. The topological polar surface area (TPSA) is 81.4 Å². The number of benzene rings is 1. The van der Waals surface area contributed by atoms with Gasteiger partial charge in [0.15, 0.2) is 18.2 Å². The highest BCUT2D eigenvalue weighted by atomic mass is 32.1. The first-order valence-electron chi connectivity index (χ1n) is 8.03. The maximum atomic E-state index is 11.9. The summed E-state index contributed by atoms with van der Waals surface area (Å²) in [6.45, 7) is 3.59. The van der Waals surface area contributed by atoms with E-state index in [2.05, 4.69) is 10.3 Å². The van der Waals surface area contributed by atoms with Crippen LogP contribution in [0.25, 0.3) is 11.5 Å². The summed E-state index contributed by atoms with van der Waals surface area (Å²) >= 11 is 1.56. The Morgan fingerprint density at radius 3 is 2.62 bits per heavy atom. The average Bonchev–Trinajstić information content (AvgIpc) is 3.27. The van der Waals surface area contributed by atoms with Gasteiger partial charge in [0.2, 0.25) is 0 Å². The maximum Gasteiger partial charge on any atom is 0.258 e. The molecule has 0 atom stereocenters. The van der Waals surface area contributed by atoms with E-state index in [9.17, 15) is 9.59 Å². The molecule has 1 N–H and O–H groups in total. The van der Waals surface area contributed by atoms with Gasteiger partial charge >= 0.3 is 0 Å². The number of ether oxygens (including phenoxy) is 1. The Kier molecular flexibility index (Phi) is 5.48. The molecule has 1 aromatic carbocycles. The van der Waals surface area contributed by atoms with Crippen LogP contribution in [0.5, 0.6) is 5.75 Å². The monoisotopic (exact) mass is 370 g/mol. The van der Waals surface area contributed by atoms with Gasteiger partial charge in [-0.2, -0.15) is 0 Å². The Morgan fingerprint density at radius 1 is 1.19 bits per heavy atom. The Bertz CT molecular complexity index is 912. The van der Waals surface area contributed by atoms with E-state index in [4.69, 9.17) is 9.15 Å². The Morgan fingerprint density at radius 2 is 1.96 bits per heavy atom. The molecule has 0 radical (unpaired) electrons. The van der Waals surface area contributed by atoms with Crippen molar-refractivity contribution in [2.24, 2.45) is 0 Å². The summed E-state index contributed by atoms with van der Waals surface area (Å²) in [7, 11) is 0. The van der Waals surface area contributed by atoms with Crippen molar-refractivity contribution in [2.45, 2.75) is 20.4 Å². The van der Waals surface area contributed by atoms with Gasteiger partial charge < -0.3 is 14.5 Å². The number of furan rings is 1. The lowest BCUT2D eigenvalue weighted by Crippen LogP contribution is -2.28. The Hall–Kier alpha value is -2.93. The van der Waals surface area contributed by atoms with E-state index < -0.39 is 0 Å². The molecule has 26 heavy (non-hydrogen) atoms. The lowest BCUT2D eigenvalue weighted by molar-refractivity contribution is -0.123. The van der Waals surface area contributed by atoms with Crippen LogP contribution in [0, 0.1) is 6.92 Å². The van der Waals surface area contributed by atoms with Crippen LogP contribution in [0.3, 0.4) is 0 Å². The van der Waals surface area contributed by atoms with Crippen molar-refractivity contribution in [3.8, 4) is 17.2 Å². The minimum absolute atomic E-state index is 0.0140. The molecule has 0 fully saturated rings. The molecule has 0 saturated carbocycles. The highest BCUT2D eigenvalue weighted by Gasteiger charge is 2.09. The van der Waals surface area contributed by atoms with Gasteiger partial charge in [0, 0.05) is 10.9 Å². The number of aromatic nitrogens is 1. The molecule has 6 nitrogen and oxygen atoms in total. The standard InChI is InChI=1S/C19H18N2O4S/c1-12(22)14-3-5-15(6-4-14)24-10-19(23)20-9-16-7-8-18(25-16)17-11-26-13(2)21-17/h3-8,11H,9-10H2,1-2H3,(H,20,23). The molecule has 0 aliphatic carbocycles. The molecular formula is C19H18N2O4S. The van der Waals surface area contributed by atoms with Crippen molar-refractivity contribution in [1.29, 1.82) is 0 Å². The van der Waals surface area contributed by atoms with Crippen LogP contribution in [-0.4, -0.2) is 23.3 Å². The second kappa shape index (κ2) is 7.97. The van der Waals surface area contributed by atoms with E-state index in [0.29, 0.717) is 22.8 Å². The number of nitrogens with one attached hydrogen (secondary N) is 1. The van der Waals surface area contributed by atoms with Crippen molar-refractivity contribution in [3.63, 3.8) is 0 Å². The maximum absolute atomic E-state index is 11.9. The lowest BCUT2D eigenvalue weighted by Gasteiger charge is -2.07. The summed E-state index contributed by atoms with van der Waals surface area (Å²) in [6, 6.07) is 10.3. The van der Waals surface area contributed by atoms with E-state index in [1.54, 1.807) is 35.6 Å². The van der Waals surface area contributed by atoms with Gasteiger partial charge in [0.1, 0.15) is 17.2 Å². The van der Waals surface area contributed by atoms with Crippen molar-refractivity contribution in [2.75, 3.05) is 6.61 Å². The fourth-order valence-corrected chi connectivity index (χ4v) is 2.86. The minimum atomic E-state index is -0.261. The normalized spacial score (nSPS) is 10.5. The number of hydrogen-bond acceptors (Lipinski definition) is 6. The molecule has 0 bridgehead atoms. The quantitative estimate of drug-likeness (QED) is 0.643. The summed E-state index contributed by atoms with van der Waals surface area (Å²) in [6.07, 6.45) is 0. The third-order valence-corrected chi connectivity index (χ3v) is 4.40. The van der Waals surface area contributed by atoms with Gasteiger partial charge in [0.05, 0.1) is 11.6 Å². The number of nitrogens with zero attached hydrogens (tertiary/aromatic N) is 1. The number of hydrogen-bond donors (Lipinski definition) is 1. The van der Waals surface area contributed by atoms with Gasteiger partial charge in [-0.15, -0.1) is 11.3 Å². The fourth-order valence-electron chi connectivity index (χ4n) is 2.26. The van der Waals surface area contributed by atoms with Crippen LogP contribution in [0.4, 0.5) is 0 Å². The number of thiazole rings is 1. The first-order chi connectivity index (χ1) is 12.5. The van der Waals surface area contributed by atoms with Crippen molar-refractivity contribution < 1.29 is 18.7 Å². The van der Waals surface area contributed by atoms with E-state index >= 15 is 0 Å². The van der Waals surface area contributed by atoms with E-state index in [-0.39, 0.29) is 24.8 Å². The summed E-state index contributed by atoms with van der Waals surface area (Å²) in [4.78, 5) is 27.5. The Labute approximate surface area is 154 Å². The zero-order chi connectivity index (χ0) is 18.5. The SMILES string of the molecule is CC(=O)c1ccc(OCC(=O)NCc2ccc(-c3csc(C)n3)o2)cc1. The average molecular weight is 370 g/mol. The molecule has 0 aliphatic heterocycles. The Balaban J connectivity index is 1.47. The highest BCUT2D eigenvalue weighted by molar-refractivity contribution is 7.09. The van der Waals surface area contributed by atoms with Crippen LogP contribution in [0.2, 0.25) is 0 Å². The number of carbonyl (C=O) groups is 2. The number of ketones is 1. The van der Waals surface area contributed by atoms with E-state index in [1.807, 2.05) is 24.4 Å². The van der Waals surface area contributed by atoms with E-state index in [1.165, 1.54) is 6.92 Å². The summed E-state index contributed by atoms with van der Waals surface area (Å²) in [5.74, 6) is 1.58. The molecule has 3 rings (SSSR count). The van der Waals surface area contributed by atoms with Crippen LogP contribution in [0.15, 0.2) is 46.2 Å². The number of amides is 1. The molecule has 7 heteroatoms. The van der Waals surface area contributed by atoms with Crippen LogP contribution in [0.1, 0.15) is 28.0 Å². The van der Waals surface area contributed by atoms with Crippen LogP contribution < -0.4 is 10.1 Å². The van der Waals surface area contributed by atoms with Gasteiger partial charge in [-0.05, 0) is 50.2 Å². The largest absolute Gasteiger partial charge is 0.484 e. The van der Waals surface area contributed by atoms with Gasteiger partial charge in [-0.3, -0.25) is 9.59 Å². The lowest BCUT2D eigenvalue weighted by atomic mass is 10.1. The molecule has 2 aromatic heterocycles. The predicted octanol–water partition coefficient (Wildman–Crippen LogP) is 3.61. The van der Waals surface area contributed by atoms with Crippen molar-refractivity contribution >= 4 is 23.0 Å². The summed E-state index contributed by atoms with van der Waals surface area (Å²) in [5.41, 5.74) is 1.40. The molecule has 0 saturated heterocycles. The van der Waals surface area contributed by atoms with Gasteiger partial charge in [-0.25, -0.2) is 4.98 Å².